The fourth-order valence-corrected chi connectivity index (χ4v) is 6.15. The minimum Gasteiger partial charge on any atom is -0.354 e. The smallest absolute Gasteiger partial charge is 0.317 e. The number of hydrogen-bond donors (Lipinski definition) is 2. The van der Waals surface area contributed by atoms with E-state index in [1.165, 1.54) is 10.7 Å². The van der Waals surface area contributed by atoms with E-state index >= 15 is 0 Å². The second kappa shape index (κ2) is 12.3. The highest BCUT2D eigenvalue weighted by atomic mass is 35.5. The molecule has 0 bridgehead atoms. The van der Waals surface area contributed by atoms with Crippen molar-refractivity contribution in [1.82, 2.24) is 29.4 Å². The molecule has 10 nitrogen and oxygen atoms in total. The van der Waals surface area contributed by atoms with Gasteiger partial charge in [-0.15, -0.1) is 0 Å². The minimum atomic E-state index is -3.62. The average Bonchev–Trinajstić information content (AvgIpc) is 3.31. The number of nitrogens with one attached hydrogen (secondary N) is 2. The maximum atomic E-state index is 13.1. The predicted octanol–water partition coefficient (Wildman–Crippen LogP) is 2.23. The average molecular weight is 551 g/mol. The van der Waals surface area contributed by atoms with Gasteiger partial charge in [-0.05, 0) is 30.5 Å². The van der Waals surface area contributed by atoms with E-state index in [0.29, 0.717) is 24.5 Å². The number of piperazine rings is 1. The van der Waals surface area contributed by atoms with Gasteiger partial charge in [0.2, 0.25) is 15.9 Å². The Kier molecular flexibility index (Phi) is 9.09. The zero-order chi connectivity index (χ0) is 26.4. The molecular formula is C25H35ClN6O4S. The third-order valence-electron chi connectivity index (χ3n) is 7.02. The Morgan fingerprint density at radius 2 is 1.84 bits per heavy atom. The van der Waals surface area contributed by atoms with Crippen molar-refractivity contribution in [2.24, 2.45) is 0 Å². The number of amides is 3. The molecule has 37 heavy (non-hydrogen) atoms. The molecular weight excluding hydrogens is 516 g/mol. The Hall–Kier alpha value is -2.63. The van der Waals surface area contributed by atoms with Gasteiger partial charge in [-0.25, -0.2) is 18.2 Å². The van der Waals surface area contributed by atoms with Crippen molar-refractivity contribution < 1.29 is 18.0 Å². The molecule has 1 aromatic heterocycles. The zero-order valence-electron chi connectivity index (χ0n) is 21.1. The number of hydrogen-bond acceptors (Lipinski definition) is 5. The predicted molar refractivity (Wildman–Crippen MR) is 142 cm³/mol. The van der Waals surface area contributed by atoms with Gasteiger partial charge in [0.25, 0.3) is 0 Å². The number of aromatic nitrogens is 2. The van der Waals surface area contributed by atoms with Gasteiger partial charge in [0, 0.05) is 62.1 Å². The summed E-state index contributed by atoms with van der Waals surface area (Å²) >= 11 is 5.97. The molecule has 2 fully saturated rings. The summed E-state index contributed by atoms with van der Waals surface area (Å²) in [6, 6.07) is 6.51. The Balaban J connectivity index is 1.34. The van der Waals surface area contributed by atoms with E-state index in [9.17, 15) is 18.0 Å². The summed E-state index contributed by atoms with van der Waals surface area (Å²) in [6.45, 7) is 1.29. The van der Waals surface area contributed by atoms with Gasteiger partial charge >= 0.3 is 6.03 Å². The number of carbonyl (C=O) groups is 2. The van der Waals surface area contributed by atoms with Crippen LogP contribution in [0, 0.1) is 0 Å². The number of urea groups is 1. The van der Waals surface area contributed by atoms with Gasteiger partial charge in [0.05, 0.1) is 12.6 Å². The molecule has 1 saturated carbocycles. The minimum absolute atomic E-state index is 0.0198. The summed E-state index contributed by atoms with van der Waals surface area (Å²) in [7, 11) is -3.62. The molecule has 1 saturated heterocycles. The summed E-state index contributed by atoms with van der Waals surface area (Å²) in [5.74, 6) is -0.413. The van der Waals surface area contributed by atoms with E-state index in [1.807, 2.05) is 28.8 Å². The van der Waals surface area contributed by atoms with Crippen molar-refractivity contribution in [3.8, 4) is 0 Å². The number of imidazole rings is 1. The molecule has 1 aromatic carbocycles. The van der Waals surface area contributed by atoms with Crippen LogP contribution in [0.15, 0.2) is 36.8 Å². The summed E-state index contributed by atoms with van der Waals surface area (Å²) in [5, 5.41) is 6.61. The molecule has 1 aliphatic carbocycles. The first-order valence-corrected chi connectivity index (χ1v) is 15.0. The number of rotatable bonds is 8. The van der Waals surface area contributed by atoms with Gasteiger partial charge in [0.15, 0.2) is 0 Å². The maximum absolute atomic E-state index is 13.1. The largest absolute Gasteiger partial charge is 0.354 e. The van der Waals surface area contributed by atoms with Crippen molar-refractivity contribution in [2.45, 2.75) is 57.2 Å². The van der Waals surface area contributed by atoms with Crippen LogP contribution in [0.4, 0.5) is 4.79 Å². The van der Waals surface area contributed by atoms with Crippen molar-refractivity contribution in [2.75, 3.05) is 32.4 Å². The van der Waals surface area contributed by atoms with Crippen LogP contribution in [0.1, 0.15) is 43.4 Å². The molecule has 1 atom stereocenters. The van der Waals surface area contributed by atoms with E-state index < -0.39 is 22.0 Å². The van der Waals surface area contributed by atoms with Crippen molar-refractivity contribution in [3.05, 3.63) is 53.1 Å². The molecule has 2 aliphatic rings. The van der Waals surface area contributed by atoms with Crippen molar-refractivity contribution in [1.29, 1.82) is 0 Å². The maximum Gasteiger partial charge on any atom is 0.317 e. The SMILES string of the molecule is CS(=O)(=O)N1CCN(C(=O)NC2CCCCC2)CC1C(=O)NCCc1cncn1Cc1ccc(Cl)cc1. The normalized spacial score (nSPS) is 19.5. The Morgan fingerprint density at radius 3 is 2.54 bits per heavy atom. The third-order valence-corrected chi connectivity index (χ3v) is 8.57. The molecule has 1 aliphatic heterocycles. The van der Waals surface area contributed by atoms with Gasteiger partial charge in [-0.2, -0.15) is 4.31 Å². The topological polar surface area (TPSA) is 117 Å². The first kappa shape index (κ1) is 27.4. The lowest BCUT2D eigenvalue weighted by Crippen LogP contribution is -2.63. The lowest BCUT2D eigenvalue weighted by atomic mass is 9.96. The molecule has 2 aromatic rings. The molecule has 1 unspecified atom stereocenters. The second-order valence-corrected chi connectivity index (χ2v) is 12.2. The van der Waals surface area contributed by atoms with Gasteiger partial charge in [-0.3, -0.25) is 4.79 Å². The van der Waals surface area contributed by atoms with Crippen molar-refractivity contribution >= 4 is 33.6 Å². The fraction of sp³-hybridized carbons (Fsp3) is 0.560. The van der Waals surface area contributed by atoms with Crippen LogP contribution in [0.25, 0.3) is 0 Å². The molecule has 3 amide bonds. The molecule has 2 heterocycles. The molecule has 4 rings (SSSR count). The molecule has 2 N–H and O–H groups in total. The van der Waals surface area contributed by atoms with E-state index in [1.54, 1.807) is 17.4 Å². The Labute approximate surface area is 223 Å². The van der Waals surface area contributed by atoms with Crippen molar-refractivity contribution in [3.63, 3.8) is 0 Å². The van der Waals surface area contributed by atoms with Crippen LogP contribution >= 0.6 is 11.6 Å². The van der Waals surface area contributed by atoms with E-state index in [2.05, 4.69) is 15.6 Å². The van der Waals surface area contributed by atoms with Crippen LogP contribution in [-0.2, 0) is 27.8 Å². The van der Waals surface area contributed by atoms with Crippen LogP contribution in [0.5, 0.6) is 0 Å². The molecule has 0 radical (unpaired) electrons. The van der Waals surface area contributed by atoms with Crippen LogP contribution in [-0.4, -0.2) is 83.6 Å². The number of carbonyl (C=O) groups excluding carboxylic acids is 2. The number of halogens is 1. The molecule has 202 valence electrons. The fourth-order valence-electron chi connectivity index (χ4n) is 4.99. The highest BCUT2D eigenvalue weighted by molar-refractivity contribution is 7.88. The highest BCUT2D eigenvalue weighted by Crippen LogP contribution is 2.19. The summed E-state index contributed by atoms with van der Waals surface area (Å²) in [4.78, 5) is 31.8. The Morgan fingerprint density at radius 1 is 1.11 bits per heavy atom. The van der Waals surface area contributed by atoms with Gasteiger partial charge in [0.1, 0.15) is 6.04 Å². The van der Waals surface area contributed by atoms with Gasteiger partial charge < -0.3 is 20.1 Å². The van der Waals surface area contributed by atoms with E-state index in [0.717, 1.165) is 43.2 Å². The summed E-state index contributed by atoms with van der Waals surface area (Å²) < 4.78 is 28.0. The molecule has 12 heteroatoms. The third kappa shape index (κ3) is 7.45. The number of sulfonamides is 1. The lowest BCUT2D eigenvalue weighted by molar-refractivity contribution is -0.126. The Bertz CT molecular complexity index is 1180. The zero-order valence-corrected chi connectivity index (χ0v) is 22.7. The van der Waals surface area contributed by atoms with Crippen LogP contribution in [0.2, 0.25) is 5.02 Å². The second-order valence-electron chi connectivity index (χ2n) is 9.80. The highest BCUT2D eigenvalue weighted by Gasteiger charge is 2.39. The monoisotopic (exact) mass is 550 g/mol. The number of nitrogens with zero attached hydrogens (tertiary/aromatic N) is 4. The van der Waals surface area contributed by atoms with E-state index in [-0.39, 0.29) is 31.7 Å². The summed E-state index contributed by atoms with van der Waals surface area (Å²) in [5.41, 5.74) is 2.01. The lowest BCUT2D eigenvalue weighted by Gasteiger charge is -2.39. The van der Waals surface area contributed by atoms with Crippen LogP contribution in [0.3, 0.4) is 0 Å². The molecule has 0 spiro atoms. The van der Waals surface area contributed by atoms with Gasteiger partial charge in [-0.1, -0.05) is 43.0 Å². The first-order valence-electron chi connectivity index (χ1n) is 12.7. The standard InChI is InChI=1S/C25H35ClN6O4S/c1-37(35,36)32-14-13-30(25(34)29-21-5-3-2-4-6-21)17-23(32)24(33)28-12-11-22-15-27-18-31(22)16-19-7-9-20(26)10-8-19/h7-10,15,18,21,23H,2-6,11-14,16-17H2,1H3,(H,28,33)(H,29,34). The summed E-state index contributed by atoms with van der Waals surface area (Å²) in [6.07, 6.45) is 10.4. The first-order chi connectivity index (χ1) is 17.7. The quantitative estimate of drug-likeness (QED) is 0.523. The number of benzene rings is 1. The van der Waals surface area contributed by atoms with Crippen LogP contribution < -0.4 is 10.6 Å². The van der Waals surface area contributed by atoms with E-state index in [4.69, 9.17) is 11.6 Å².